The second-order valence-electron chi connectivity index (χ2n) is 4.95. The smallest absolute Gasteiger partial charge is 0.254 e. The number of rotatable bonds is 2. The minimum absolute atomic E-state index is 0.204. The number of piperidine rings is 1. The van der Waals surface area contributed by atoms with E-state index in [-0.39, 0.29) is 18.2 Å². The van der Waals surface area contributed by atoms with E-state index in [9.17, 15) is 9.59 Å². The SMILES string of the molecule is O=C1CC(=Cc2ccc(N3CCCCC3)s2)C(=O)N1. The van der Waals surface area contributed by atoms with Crippen LogP contribution in [0.15, 0.2) is 17.7 Å². The van der Waals surface area contributed by atoms with E-state index in [4.69, 9.17) is 0 Å². The van der Waals surface area contributed by atoms with E-state index >= 15 is 0 Å². The van der Waals surface area contributed by atoms with Gasteiger partial charge < -0.3 is 4.90 Å². The highest BCUT2D eigenvalue weighted by molar-refractivity contribution is 7.16. The lowest BCUT2D eigenvalue weighted by Crippen LogP contribution is -2.28. The van der Waals surface area contributed by atoms with Crippen LogP contribution in [0.5, 0.6) is 0 Å². The first kappa shape index (κ1) is 12.4. The summed E-state index contributed by atoms with van der Waals surface area (Å²) in [6.07, 6.45) is 5.87. The van der Waals surface area contributed by atoms with Gasteiger partial charge in [-0.15, -0.1) is 11.3 Å². The first-order valence-corrected chi connectivity index (χ1v) is 7.43. The first-order valence-electron chi connectivity index (χ1n) is 6.62. The summed E-state index contributed by atoms with van der Waals surface area (Å²) < 4.78 is 0. The maximum absolute atomic E-state index is 11.5. The van der Waals surface area contributed by atoms with E-state index in [1.807, 2.05) is 12.1 Å². The van der Waals surface area contributed by atoms with Crippen molar-refractivity contribution in [2.24, 2.45) is 0 Å². The molecule has 2 aliphatic heterocycles. The van der Waals surface area contributed by atoms with Crippen LogP contribution in [0, 0.1) is 0 Å². The van der Waals surface area contributed by atoms with Crippen molar-refractivity contribution in [3.05, 3.63) is 22.6 Å². The van der Waals surface area contributed by atoms with E-state index in [0.29, 0.717) is 5.57 Å². The van der Waals surface area contributed by atoms with Gasteiger partial charge in [0, 0.05) is 23.5 Å². The molecular weight excluding hydrogens is 260 g/mol. The highest BCUT2D eigenvalue weighted by Gasteiger charge is 2.23. The number of hydrogen-bond donors (Lipinski definition) is 1. The number of nitrogens with zero attached hydrogens (tertiary/aromatic N) is 1. The third-order valence-corrected chi connectivity index (χ3v) is 4.59. The largest absolute Gasteiger partial charge is 0.363 e. The standard InChI is InChI=1S/C14H16N2O2S/c17-12-9-10(14(18)15-12)8-11-4-5-13(19-11)16-6-2-1-3-7-16/h4-5,8H,1-3,6-7,9H2,(H,15,17,18). The maximum Gasteiger partial charge on any atom is 0.254 e. The van der Waals surface area contributed by atoms with Crippen LogP contribution >= 0.6 is 11.3 Å². The summed E-state index contributed by atoms with van der Waals surface area (Å²) in [6, 6.07) is 4.13. The van der Waals surface area contributed by atoms with Crippen molar-refractivity contribution in [1.82, 2.24) is 5.32 Å². The van der Waals surface area contributed by atoms with Gasteiger partial charge in [0.1, 0.15) is 0 Å². The van der Waals surface area contributed by atoms with Gasteiger partial charge >= 0.3 is 0 Å². The van der Waals surface area contributed by atoms with Crippen LogP contribution < -0.4 is 10.2 Å². The minimum atomic E-state index is -0.252. The quantitative estimate of drug-likeness (QED) is 0.665. The fourth-order valence-electron chi connectivity index (χ4n) is 2.50. The maximum atomic E-state index is 11.5. The molecule has 2 aliphatic rings. The predicted molar refractivity (Wildman–Crippen MR) is 76.1 cm³/mol. The van der Waals surface area contributed by atoms with Crippen molar-refractivity contribution in [1.29, 1.82) is 0 Å². The van der Waals surface area contributed by atoms with Gasteiger partial charge in [0.2, 0.25) is 5.91 Å². The molecule has 1 aromatic heterocycles. The monoisotopic (exact) mass is 276 g/mol. The molecule has 1 aromatic rings. The fraction of sp³-hybridized carbons (Fsp3) is 0.429. The van der Waals surface area contributed by atoms with Crippen LogP contribution in [-0.4, -0.2) is 24.9 Å². The molecule has 5 heteroatoms. The summed E-state index contributed by atoms with van der Waals surface area (Å²) in [6.45, 7) is 2.24. The molecule has 2 amide bonds. The van der Waals surface area contributed by atoms with Crippen molar-refractivity contribution < 1.29 is 9.59 Å². The number of amides is 2. The number of hydrogen-bond acceptors (Lipinski definition) is 4. The molecule has 3 heterocycles. The molecule has 0 atom stereocenters. The molecule has 0 spiro atoms. The van der Waals surface area contributed by atoms with Crippen molar-refractivity contribution in [2.75, 3.05) is 18.0 Å². The van der Waals surface area contributed by atoms with Crippen LogP contribution in [0.25, 0.3) is 6.08 Å². The van der Waals surface area contributed by atoms with Crippen molar-refractivity contribution in [3.8, 4) is 0 Å². The molecule has 100 valence electrons. The Bertz CT molecular complexity index is 541. The average molecular weight is 276 g/mol. The van der Waals surface area contributed by atoms with Crippen LogP contribution in [0.2, 0.25) is 0 Å². The van der Waals surface area contributed by atoms with Gasteiger partial charge in [0.05, 0.1) is 11.4 Å². The van der Waals surface area contributed by atoms with Crippen molar-refractivity contribution >= 4 is 34.2 Å². The minimum Gasteiger partial charge on any atom is -0.363 e. The Morgan fingerprint density at radius 3 is 2.63 bits per heavy atom. The molecule has 0 radical (unpaired) electrons. The Morgan fingerprint density at radius 1 is 1.16 bits per heavy atom. The molecule has 0 aliphatic carbocycles. The van der Waals surface area contributed by atoms with Gasteiger partial charge in [-0.1, -0.05) is 0 Å². The third-order valence-electron chi connectivity index (χ3n) is 3.49. The van der Waals surface area contributed by atoms with Gasteiger partial charge in [0.15, 0.2) is 0 Å². The molecule has 0 unspecified atom stereocenters. The molecule has 19 heavy (non-hydrogen) atoms. The van der Waals surface area contributed by atoms with Crippen LogP contribution in [0.4, 0.5) is 5.00 Å². The van der Waals surface area contributed by atoms with Crippen molar-refractivity contribution in [3.63, 3.8) is 0 Å². The highest BCUT2D eigenvalue weighted by atomic mass is 32.1. The van der Waals surface area contributed by atoms with E-state index < -0.39 is 0 Å². The molecule has 2 fully saturated rings. The fourth-order valence-corrected chi connectivity index (χ4v) is 3.52. The zero-order valence-electron chi connectivity index (χ0n) is 10.6. The summed E-state index contributed by atoms with van der Waals surface area (Å²) in [5.74, 6) is -0.456. The number of anilines is 1. The average Bonchev–Trinajstić information content (AvgIpc) is 2.99. The Hall–Kier alpha value is -1.62. The lowest BCUT2D eigenvalue weighted by atomic mass is 10.1. The summed E-state index contributed by atoms with van der Waals surface area (Å²) in [5, 5.41) is 3.57. The number of carbonyl (C=O) groups excluding carboxylic acids is 2. The molecule has 3 rings (SSSR count). The summed E-state index contributed by atoms with van der Waals surface area (Å²) in [7, 11) is 0. The van der Waals surface area contributed by atoms with Crippen LogP contribution in [-0.2, 0) is 9.59 Å². The first-order chi connectivity index (χ1) is 9.22. The number of thiophene rings is 1. The summed E-state index contributed by atoms with van der Waals surface area (Å²) in [4.78, 5) is 26.1. The lowest BCUT2D eigenvalue weighted by Gasteiger charge is -2.27. The zero-order valence-corrected chi connectivity index (χ0v) is 11.5. The van der Waals surface area contributed by atoms with E-state index in [1.165, 1.54) is 24.3 Å². The molecule has 0 bridgehead atoms. The Morgan fingerprint density at radius 2 is 1.95 bits per heavy atom. The Balaban J connectivity index is 1.76. The molecular formula is C14H16N2O2S. The summed E-state index contributed by atoms with van der Waals surface area (Å²) >= 11 is 1.69. The van der Waals surface area contributed by atoms with E-state index in [2.05, 4.69) is 16.3 Å². The Kier molecular flexibility index (Phi) is 3.38. The van der Waals surface area contributed by atoms with Crippen LogP contribution in [0.1, 0.15) is 30.6 Å². The zero-order chi connectivity index (χ0) is 13.2. The van der Waals surface area contributed by atoms with Crippen molar-refractivity contribution in [2.45, 2.75) is 25.7 Å². The van der Waals surface area contributed by atoms with Gasteiger partial charge in [-0.05, 0) is 37.5 Å². The molecule has 0 saturated carbocycles. The third kappa shape index (κ3) is 2.71. The molecule has 0 aromatic carbocycles. The second-order valence-corrected chi connectivity index (χ2v) is 6.04. The van der Waals surface area contributed by atoms with E-state index in [0.717, 1.165) is 18.0 Å². The second kappa shape index (κ2) is 5.17. The number of nitrogens with one attached hydrogen (secondary N) is 1. The van der Waals surface area contributed by atoms with Crippen LogP contribution in [0.3, 0.4) is 0 Å². The topological polar surface area (TPSA) is 49.4 Å². The predicted octanol–water partition coefficient (Wildman–Crippen LogP) is 2.17. The van der Waals surface area contributed by atoms with Gasteiger partial charge in [0.25, 0.3) is 5.91 Å². The van der Waals surface area contributed by atoms with E-state index in [1.54, 1.807) is 11.3 Å². The number of imide groups is 1. The Labute approximate surface area is 116 Å². The highest BCUT2D eigenvalue weighted by Crippen LogP contribution is 2.30. The van der Waals surface area contributed by atoms with Gasteiger partial charge in [-0.25, -0.2) is 0 Å². The molecule has 4 nitrogen and oxygen atoms in total. The molecule has 2 saturated heterocycles. The normalized spacial score (nSPS) is 22.1. The number of carbonyl (C=O) groups is 2. The summed E-state index contributed by atoms with van der Waals surface area (Å²) in [5.41, 5.74) is 0.567. The molecule has 1 N–H and O–H groups in total. The van der Waals surface area contributed by atoms with Gasteiger partial charge in [-0.3, -0.25) is 14.9 Å². The lowest BCUT2D eigenvalue weighted by molar-refractivity contribution is -0.124. The van der Waals surface area contributed by atoms with Gasteiger partial charge in [-0.2, -0.15) is 0 Å².